The minimum Gasteiger partial charge on any atom is -0.486 e. The van der Waals surface area contributed by atoms with Crippen molar-refractivity contribution in [2.75, 3.05) is 13.2 Å². The van der Waals surface area contributed by atoms with Gasteiger partial charge in [-0.05, 0) is 29.8 Å². The van der Waals surface area contributed by atoms with Crippen LogP contribution in [-0.2, 0) is 14.8 Å². The van der Waals surface area contributed by atoms with E-state index < -0.39 is 28.1 Å². The largest absolute Gasteiger partial charge is 0.486 e. The van der Waals surface area contributed by atoms with Gasteiger partial charge in [-0.3, -0.25) is 4.79 Å². The van der Waals surface area contributed by atoms with Crippen LogP contribution in [0.5, 0.6) is 11.5 Å². The predicted molar refractivity (Wildman–Crippen MR) is 126 cm³/mol. The van der Waals surface area contributed by atoms with E-state index in [0.29, 0.717) is 22.6 Å². The Kier molecular flexibility index (Phi) is 6.14. The van der Waals surface area contributed by atoms with Crippen LogP contribution in [0.3, 0.4) is 0 Å². The molecule has 0 fully saturated rings. The summed E-state index contributed by atoms with van der Waals surface area (Å²) in [5, 5.41) is 2.79. The summed E-state index contributed by atoms with van der Waals surface area (Å²) in [6, 6.07) is 19.5. The lowest BCUT2D eigenvalue weighted by molar-refractivity contribution is -0.123. The molecule has 0 unspecified atom stereocenters. The van der Waals surface area contributed by atoms with Crippen LogP contribution in [-0.4, -0.2) is 42.3 Å². The Hall–Kier alpha value is -3.54. The van der Waals surface area contributed by atoms with Gasteiger partial charge in [-0.1, -0.05) is 48.5 Å². The molecule has 0 aliphatic carbocycles. The van der Waals surface area contributed by atoms with Crippen molar-refractivity contribution in [2.24, 2.45) is 0 Å². The molecule has 11 heteroatoms. The minimum atomic E-state index is -4.09. The van der Waals surface area contributed by atoms with Crippen LogP contribution in [0.25, 0.3) is 11.0 Å². The number of nitrogens with one attached hydrogen (secondary N) is 2. The lowest BCUT2D eigenvalue weighted by Gasteiger charge is -2.27. The number of hydrogen-bond donors (Lipinski definition) is 2. The predicted octanol–water partition coefficient (Wildman–Crippen LogP) is 2.67. The summed E-state index contributed by atoms with van der Waals surface area (Å²) >= 11 is 0.927. The highest BCUT2D eigenvalue weighted by Gasteiger charge is 2.30. The zero-order chi connectivity index (χ0) is 23.5. The number of carbonyl (C=O) groups excluding carboxylic acids is 1. The van der Waals surface area contributed by atoms with Crippen molar-refractivity contribution in [3.05, 3.63) is 78.4 Å². The van der Waals surface area contributed by atoms with E-state index >= 15 is 0 Å². The van der Waals surface area contributed by atoms with Crippen LogP contribution >= 0.6 is 11.7 Å². The van der Waals surface area contributed by atoms with Crippen molar-refractivity contribution in [1.29, 1.82) is 0 Å². The standard InChI is InChI=1S/C23H20N4O5S2/c28-23(24-13-16-14-31-18-10-4-5-11-19(18)32-16)21(15-7-2-1-3-8-15)27-34(29,30)20-12-6-9-17-22(20)26-33-25-17/h1-12,16,21,27H,13-14H2,(H,24,28)/t16-,21-/m0/s1. The number of para-hydroxylation sites is 2. The molecule has 0 saturated carbocycles. The zero-order valence-electron chi connectivity index (χ0n) is 17.7. The summed E-state index contributed by atoms with van der Waals surface area (Å²) < 4.78 is 48.9. The smallest absolute Gasteiger partial charge is 0.243 e. The Morgan fingerprint density at radius 1 is 1.00 bits per heavy atom. The molecule has 9 nitrogen and oxygen atoms in total. The Bertz CT molecular complexity index is 1430. The highest BCUT2D eigenvalue weighted by atomic mass is 32.2. The second kappa shape index (κ2) is 9.37. The first kappa shape index (κ1) is 22.3. The zero-order valence-corrected chi connectivity index (χ0v) is 19.4. The molecule has 0 spiro atoms. The Morgan fingerprint density at radius 2 is 1.76 bits per heavy atom. The van der Waals surface area contributed by atoms with Gasteiger partial charge >= 0.3 is 0 Å². The number of nitrogens with zero attached hydrogens (tertiary/aromatic N) is 2. The van der Waals surface area contributed by atoms with Gasteiger partial charge < -0.3 is 14.8 Å². The molecule has 34 heavy (non-hydrogen) atoms. The normalized spacial score (nSPS) is 16.2. The fourth-order valence-corrected chi connectivity index (χ4v) is 5.57. The Morgan fingerprint density at radius 3 is 2.59 bits per heavy atom. The topological polar surface area (TPSA) is 120 Å². The highest BCUT2D eigenvalue weighted by molar-refractivity contribution is 7.89. The first-order valence-electron chi connectivity index (χ1n) is 10.5. The first-order chi connectivity index (χ1) is 16.5. The van der Waals surface area contributed by atoms with Gasteiger partial charge in [0.25, 0.3) is 0 Å². The fraction of sp³-hybridized carbons (Fsp3) is 0.174. The third kappa shape index (κ3) is 4.58. The van der Waals surface area contributed by atoms with E-state index in [-0.39, 0.29) is 23.6 Å². The molecule has 1 aliphatic heterocycles. The van der Waals surface area contributed by atoms with Crippen molar-refractivity contribution >= 4 is 38.7 Å². The first-order valence-corrected chi connectivity index (χ1v) is 12.7. The van der Waals surface area contributed by atoms with E-state index in [2.05, 4.69) is 18.8 Å². The number of hydrogen-bond acceptors (Lipinski definition) is 8. The SMILES string of the molecule is O=C(NC[C@H]1COc2ccccc2O1)[C@@H](NS(=O)(=O)c1cccc2nsnc12)c1ccccc1. The van der Waals surface area contributed by atoms with E-state index in [0.717, 1.165) is 11.7 Å². The molecule has 1 aromatic heterocycles. The molecule has 0 saturated heterocycles. The maximum atomic E-state index is 13.3. The molecule has 1 amide bonds. The van der Waals surface area contributed by atoms with Gasteiger partial charge in [0.15, 0.2) is 11.5 Å². The molecule has 4 aromatic rings. The van der Waals surface area contributed by atoms with Crippen LogP contribution in [0.1, 0.15) is 11.6 Å². The second-order valence-corrected chi connectivity index (χ2v) is 9.81. The van der Waals surface area contributed by atoms with Crippen molar-refractivity contribution in [2.45, 2.75) is 17.0 Å². The molecule has 2 N–H and O–H groups in total. The number of fused-ring (bicyclic) bond motifs is 2. The summed E-state index contributed by atoms with van der Waals surface area (Å²) in [6.45, 7) is 0.404. The van der Waals surface area contributed by atoms with Crippen LogP contribution in [0, 0.1) is 0 Å². The number of aromatic nitrogens is 2. The van der Waals surface area contributed by atoms with Crippen molar-refractivity contribution in [1.82, 2.24) is 18.8 Å². The lowest BCUT2D eigenvalue weighted by Crippen LogP contribution is -2.45. The molecular weight excluding hydrogens is 476 g/mol. The summed E-state index contributed by atoms with van der Waals surface area (Å²) in [7, 11) is -4.09. The van der Waals surface area contributed by atoms with E-state index in [4.69, 9.17) is 9.47 Å². The second-order valence-electron chi connectivity index (χ2n) is 7.60. The quantitative estimate of drug-likeness (QED) is 0.404. The monoisotopic (exact) mass is 496 g/mol. The minimum absolute atomic E-state index is 0.0342. The number of benzene rings is 3. The number of amides is 1. The Labute approximate surface area is 200 Å². The van der Waals surface area contributed by atoms with Gasteiger partial charge in [-0.15, -0.1) is 0 Å². The molecule has 3 aromatic carbocycles. The van der Waals surface area contributed by atoms with Gasteiger partial charge in [0.2, 0.25) is 15.9 Å². The van der Waals surface area contributed by atoms with Crippen molar-refractivity contribution < 1.29 is 22.7 Å². The molecular formula is C23H20N4O5S2. The van der Waals surface area contributed by atoms with Crippen LogP contribution < -0.4 is 19.5 Å². The summed E-state index contributed by atoms with van der Waals surface area (Å²) in [4.78, 5) is 13.2. The van der Waals surface area contributed by atoms with E-state index in [1.165, 1.54) is 6.07 Å². The van der Waals surface area contributed by atoms with Crippen molar-refractivity contribution in [3.8, 4) is 11.5 Å². The maximum Gasteiger partial charge on any atom is 0.243 e. The van der Waals surface area contributed by atoms with Crippen LogP contribution in [0.2, 0.25) is 0 Å². The van der Waals surface area contributed by atoms with Gasteiger partial charge in [-0.2, -0.15) is 13.5 Å². The number of ether oxygens (including phenoxy) is 2. The molecule has 5 rings (SSSR count). The summed E-state index contributed by atoms with van der Waals surface area (Å²) in [6.07, 6.45) is -0.415. The van der Waals surface area contributed by atoms with Crippen LogP contribution in [0.15, 0.2) is 77.7 Å². The van der Waals surface area contributed by atoms with Gasteiger partial charge in [0.1, 0.15) is 34.7 Å². The molecule has 174 valence electrons. The lowest BCUT2D eigenvalue weighted by atomic mass is 10.1. The van der Waals surface area contributed by atoms with Gasteiger partial charge in [0.05, 0.1) is 18.3 Å². The van der Waals surface area contributed by atoms with Gasteiger partial charge in [0, 0.05) is 0 Å². The average molecular weight is 497 g/mol. The molecule has 0 radical (unpaired) electrons. The molecule has 2 heterocycles. The Balaban J connectivity index is 1.35. The van der Waals surface area contributed by atoms with E-state index in [1.807, 2.05) is 18.2 Å². The summed E-state index contributed by atoms with van der Waals surface area (Å²) in [5.41, 5.74) is 1.24. The molecule has 2 atom stereocenters. The number of carbonyl (C=O) groups is 1. The third-order valence-corrected chi connectivity index (χ3v) is 7.28. The van der Waals surface area contributed by atoms with Gasteiger partial charge in [-0.25, -0.2) is 8.42 Å². The highest BCUT2D eigenvalue weighted by Crippen LogP contribution is 2.30. The maximum absolute atomic E-state index is 13.3. The van der Waals surface area contributed by atoms with E-state index in [9.17, 15) is 13.2 Å². The third-order valence-electron chi connectivity index (χ3n) is 5.28. The number of rotatable bonds is 7. The molecule has 1 aliphatic rings. The fourth-order valence-electron chi connectivity index (χ4n) is 3.62. The van der Waals surface area contributed by atoms with Crippen LogP contribution in [0.4, 0.5) is 0 Å². The van der Waals surface area contributed by atoms with Crippen molar-refractivity contribution in [3.63, 3.8) is 0 Å². The summed E-state index contributed by atoms with van der Waals surface area (Å²) in [5.74, 6) is 0.727. The molecule has 0 bridgehead atoms. The van der Waals surface area contributed by atoms with E-state index in [1.54, 1.807) is 48.5 Å². The number of sulfonamides is 1. The average Bonchev–Trinajstić information content (AvgIpc) is 3.35.